The van der Waals surface area contributed by atoms with Gasteiger partial charge in [-0.15, -0.1) is 0 Å². The van der Waals surface area contributed by atoms with Gasteiger partial charge in [0.05, 0.1) is 0 Å². The molecule has 0 amide bonds. The molecule has 0 N–H and O–H groups in total. The average Bonchev–Trinajstić information content (AvgIpc) is 2.76. The Bertz CT molecular complexity index is 350. The molecule has 0 atom stereocenters. The molecule has 0 nitrogen and oxygen atoms in total. The van der Waals surface area contributed by atoms with Crippen molar-refractivity contribution in [1.82, 2.24) is 0 Å². The molecule has 2 rings (SSSR count). The van der Waals surface area contributed by atoms with Crippen molar-refractivity contribution in [2.45, 2.75) is 69.2 Å². The first-order chi connectivity index (χ1) is 11.6. The molecule has 0 aromatic carbocycles. The monoisotopic (exact) mass is 514 g/mol. The van der Waals surface area contributed by atoms with Gasteiger partial charge in [0.1, 0.15) is 0 Å². The van der Waals surface area contributed by atoms with Crippen LogP contribution in [-0.2, 0) is 16.8 Å². The van der Waals surface area contributed by atoms with Gasteiger partial charge in [-0.1, -0.05) is 69.2 Å². The summed E-state index contributed by atoms with van der Waals surface area (Å²) in [5, 5.41) is 0. The van der Waals surface area contributed by atoms with Crippen LogP contribution in [0.1, 0.15) is 69.2 Å². The van der Waals surface area contributed by atoms with Crippen molar-refractivity contribution in [3.05, 3.63) is 14.9 Å². The van der Waals surface area contributed by atoms with Crippen molar-refractivity contribution < 1.29 is 42.0 Å². The minimum absolute atomic E-state index is 0. The Kier molecular flexibility index (Phi) is 14.6. The second-order valence-corrected chi connectivity index (χ2v) is 11.5. The van der Waals surface area contributed by atoms with E-state index in [0.717, 1.165) is 59.2 Å². The van der Waals surface area contributed by atoms with E-state index in [1.807, 2.05) is 0 Å². The van der Waals surface area contributed by atoms with Gasteiger partial charge in [0.2, 0.25) is 0 Å². The first kappa shape index (κ1) is 37.8. The van der Waals surface area contributed by atoms with Gasteiger partial charge in [0.25, 0.3) is 0 Å². The average molecular weight is 515 g/mol. The van der Waals surface area contributed by atoms with Crippen LogP contribution >= 0.6 is 7.81 Å². The van der Waals surface area contributed by atoms with Gasteiger partial charge >= 0.3 is 49.8 Å². The van der Waals surface area contributed by atoms with E-state index in [1.165, 1.54) is 0 Å². The fourth-order valence-corrected chi connectivity index (χ4v) is 4.79. The Labute approximate surface area is 193 Å². The van der Waals surface area contributed by atoms with Crippen LogP contribution in [0.5, 0.6) is 0 Å². The number of hydrogen-bond donors (Lipinski definition) is 0. The molecule has 0 heterocycles. The standard InChI is InChI=1S/2C10H20.2CH3.Co.F6P/c2*1-6-7(2)9(4)10(5)8(6)3;;;;1-7(2,3,4,5)6/h2*6-10H,1-5H3;2*1H3;;/q;;2*-1;+3;-1. The van der Waals surface area contributed by atoms with Crippen molar-refractivity contribution in [2.24, 2.45) is 59.2 Å². The SMILES string of the molecule is CC1C(C)C(C)C(C)C1C.CC1C(C)C(C)C(C)C1C.F[P-](F)(F)(F)(F)F.[CH3-].[CH3-].[Co+3]. The van der Waals surface area contributed by atoms with Crippen molar-refractivity contribution in [2.75, 3.05) is 0 Å². The largest absolute Gasteiger partial charge is 3.00 e. The summed E-state index contributed by atoms with van der Waals surface area (Å²) in [7, 11) is -10.7. The normalized spacial score (nSPS) is 42.4. The maximum Gasteiger partial charge on any atom is 3.00 e. The third kappa shape index (κ3) is 13.2. The first-order valence-corrected chi connectivity index (χ1v) is 12.1. The van der Waals surface area contributed by atoms with E-state index >= 15 is 0 Å². The molecule has 2 aliphatic rings. The summed E-state index contributed by atoms with van der Waals surface area (Å²) < 4.78 is 59.2. The van der Waals surface area contributed by atoms with E-state index in [-0.39, 0.29) is 31.6 Å². The van der Waals surface area contributed by atoms with Crippen LogP contribution in [0.2, 0.25) is 0 Å². The van der Waals surface area contributed by atoms with Gasteiger partial charge in [-0.05, 0) is 59.2 Å². The zero-order valence-corrected chi connectivity index (χ0v) is 22.8. The molecule has 0 spiro atoms. The predicted molar refractivity (Wildman–Crippen MR) is 118 cm³/mol. The maximum absolute atomic E-state index is 10.7. The van der Waals surface area contributed by atoms with Crippen LogP contribution in [-0.4, -0.2) is 0 Å². The van der Waals surface area contributed by atoms with Crippen LogP contribution in [0, 0.1) is 74.0 Å². The maximum atomic E-state index is 9.87. The summed E-state index contributed by atoms with van der Waals surface area (Å²) in [4.78, 5) is 0. The van der Waals surface area contributed by atoms with Crippen molar-refractivity contribution in [1.29, 1.82) is 0 Å². The van der Waals surface area contributed by atoms with Gasteiger partial charge in [-0.3, -0.25) is 0 Å². The molecule has 0 radical (unpaired) electrons. The van der Waals surface area contributed by atoms with E-state index < -0.39 is 7.81 Å². The predicted octanol–water partition coefficient (Wildman–Crippen LogP) is 10.6. The Morgan fingerprint density at radius 3 is 0.400 bits per heavy atom. The van der Waals surface area contributed by atoms with Gasteiger partial charge in [-0.2, -0.15) is 0 Å². The van der Waals surface area contributed by atoms with Gasteiger partial charge in [0, 0.05) is 0 Å². The Balaban J connectivity index is -0.000000164. The van der Waals surface area contributed by atoms with Crippen molar-refractivity contribution in [3.8, 4) is 0 Å². The Morgan fingerprint density at radius 1 is 0.333 bits per heavy atom. The minimum atomic E-state index is -10.7. The number of rotatable bonds is 0. The molecular weight excluding hydrogens is 468 g/mol. The van der Waals surface area contributed by atoms with Gasteiger partial charge < -0.3 is 14.9 Å². The minimum Gasteiger partial charge on any atom is -0.358 e. The number of halogens is 6. The molecule has 0 aromatic rings. The van der Waals surface area contributed by atoms with Crippen LogP contribution < -0.4 is 0 Å². The third-order valence-electron chi connectivity index (χ3n) is 8.29. The topological polar surface area (TPSA) is 0 Å². The molecule has 8 heteroatoms. The van der Waals surface area contributed by atoms with Gasteiger partial charge in [-0.25, -0.2) is 0 Å². The summed E-state index contributed by atoms with van der Waals surface area (Å²) in [5.41, 5.74) is 0. The second kappa shape index (κ2) is 11.6. The van der Waals surface area contributed by atoms with E-state index in [4.69, 9.17) is 0 Å². The molecule has 190 valence electrons. The quantitative estimate of drug-likeness (QED) is 0.171. The second-order valence-electron chi connectivity index (χ2n) is 9.55. The van der Waals surface area contributed by atoms with Crippen LogP contribution in [0.25, 0.3) is 0 Å². The van der Waals surface area contributed by atoms with E-state index in [1.54, 1.807) is 0 Å². The summed E-state index contributed by atoms with van der Waals surface area (Å²) in [5.74, 6) is 9.35. The molecule has 0 unspecified atom stereocenters. The zero-order valence-electron chi connectivity index (χ0n) is 20.8. The summed E-state index contributed by atoms with van der Waals surface area (Å²) in [6, 6.07) is 0. The number of hydrogen-bond acceptors (Lipinski definition) is 0. The smallest absolute Gasteiger partial charge is 0.358 e. The van der Waals surface area contributed by atoms with Crippen LogP contribution in [0.15, 0.2) is 0 Å². The molecule has 0 saturated heterocycles. The van der Waals surface area contributed by atoms with Crippen LogP contribution in [0.3, 0.4) is 0 Å². The molecule has 0 aromatic heterocycles. The zero-order chi connectivity index (χ0) is 22.2. The van der Waals surface area contributed by atoms with Gasteiger partial charge in [0.15, 0.2) is 0 Å². The molecule has 0 bridgehead atoms. The Morgan fingerprint density at radius 2 is 0.367 bits per heavy atom. The molecular formula is C22H46CoF6P. The molecule has 30 heavy (non-hydrogen) atoms. The first-order valence-electron chi connectivity index (χ1n) is 10.1. The third-order valence-corrected chi connectivity index (χ3v) is 8.29. The van der Waals surface area contributed by atoms with Crippen LogP contribution in [0.4, 0.5) is 25.2 Å². The van der Waals surface area contributed by atoms with E-state index in [0.29, 0.717) is 0 Å². The Hall–Kier alpha value is 0.516. The molecule has 2 fully saturated rings. The summed E-state index contributed by atoms with van der Waals surface area (Å²) in [6.45, 7) is 24.0. The van der Waals surface area contributed by atoms with Crippen molar-refractivity contribution in [3.63, 3.8) is 0 Å². The fraction of sp³-hybridized carbons (Fsp3) is 0.909. The van der Waals surface area contributed by atoms with E-state index in [9.17, 15) is 25.2 Å². The van der Waals surface area contributed by atoms with Crippen molar-refractivity contribution >= 4 is 7.81 Å². The summed E-state index contributed by atoms with van der Waals surface area (Å²) in [6.07, 6.45) is 0. The molecule has 2 aliphatic carbocycles. The fourth-order valence-electron chi connectivity index (χ4n) is 4.79. The summed E-state index contributed by atoms with van der Waals surface area (Å²) >= 11 is 0. The molecule has 2 saturated carbocycles. The molecule has 0 aliphatic heterocycles. The van der Waals surface area contributed by atoms with E-state index in [2.05, 4.69) is 69.2 Å².